The average molecular weight is 1010 g/mol. The molecule has 0 aliphatic rings. The van der Waals surface area contributed by atoms with Crippen LogP contribution in [0.2, 0.25) is 0 Å². The van der Waals surface area contributed by atoms with Gasteiger partial charge in [0.1, 0.15) is 5.75 Å². The lowest BCUT2D eigenvalue weighted by Crippen LogP contribution is -2.21. The summed E-state index contributed by atoms with van der Waals surface area (Å²) in [7, 11) is -6.44. The van der Waals surface area contributed by atoms with E-state index in [0.717, 1.165) is 44.8 Å². The Morgan fingerprint density at radius 2 is 0.743 bits per heavy atom. The third-order valence-corrected chi connectivity index (χ3v) is 11.1. The van der Waals surface area contributed by atoms with Crippen molar-refractivity contribution in [2.75, 3.05) is 16.6 Å². The molecule has 8 rings (SSSR count). The molecular weight excluding hydrogens is 980 g/mol. The van der Waals surface area contributed by atoms with Crippen LogP contribution in [0.15, 0.2) is 158 Å². The number of hydrogen-bond donors (Lipinski definition) is 4. The first kappa shape index (κ1) is 50.2. The minimum absolute atomic E-state index is 0.0912. The van der Waals surface area contributed by atoms with Gasteiger partial charge in [-0.15, -0.1) is 0 Å². The first-order valence-electron chi connectivity index (χ1n) is 19.9. The number of methoxy groups -OCH3 is 1. The molecule has 364 valence electrons. The maximum atomic E-state index is 13.4. The fourth-order valence-electron chi connectivity index (χ4n) is 6.82. The smallest absolute Gasteiger partial charge is 0.435 e. The number of rotatable bonds is 11. The molecule has 13 nitrogen and oxygen atoms in total. The number of halogens is 9. The van der Waals surface area contributed by atoms with Crippen molar-refractivity contribution in [1.82, 2.24) is 19.6 Å². The minimum atomic E-state index is -4.73. The van der Waals surface area contributed by atoms with Crippen LogP contribution in [-0.4, -0.2) is 43.5 Å². The van der Waals surface area contributed by atoms with E-state index in [9.17, 15) is 56.3 Å². The molecule has 70 heavy (non-hydrogen) atoms. The van der Waals surface area contributed by atoms with Gasteiger partial charge in [0.05, 0.1) is 35.4 Å². The summed E-state index contributed by atoms with van der Waals surface area (Å²) in [6.07, 6.45) is -13.8. The van der Waals surface area contributed by atoms with Gasteiger partial charge in [-0.2, -0.15) is 66.5 Å². The summed E-state index contributed by atoms with van der Waals surface area (Å²) in [6.45, 7) is 0. The van der Waals surface area contributed by atoms with E-state index >= 15 is 0 Å². The zero-order valence-corrected chi connectivity index (χ0v) is 37.3. The van der Waals surface area contributed by atoms with Gasteiger partial charge in [0, 0.05) is 22.5 Å². The van der Waals surface area contributed by atoms with Gasteiger partial charge < -0.3 is 4.74 Å². The molecular formula is C46H35F9N8O5S2. The van der Waals surface area contributed by atoms with Gasteiger partial charge in [-0.3, -0.25) is 9.44 Å². The number of nitrogens with one attached hydrogen (secondary N) is 2. The third kappa shape index (κ3) is 12.5. The largest absolute Gasteiger partial charge is 0.497 e. The molecule has 0 amide bonds. The summed E-state index contributed by atoms with van der Waals surface area (Å²) in [5, 5.41) is 17.3. The first-order valence-corrected chi connectivity index (χ1v) is 23.0. The molecule has 0 unspecified atom stereocenters. The highest BCUT2D eigenvalue weighted by atomic mass is 32.2. The van der Waals surface area contributed by atoms with Crippen LogP contribution in [0, 0.1) is 0 Å². The van der Waals surface area contributed by atoms with E-state index < -0.39 is 55.9 Å². The second-order valence-electron chi connectivity index (χ2n) is 15.0. The molecule has 0 bridgehead atoms. The van der Waals surface area contributed by atoms with Crippen molar-refractivity contribution in [3.05, 3.63) is 175 Å². The Morgan fingerprint density at radius 3 is 1.03 bits per heavy atom. The van der Waals surface area contributed by atoms with Crippen LogP contribution >= 0.6 is 0 Å². The first-order chi connectivity index (χ1) is 32.7. The number of nitrogens with two attached hydrogens (primary N) is 2. The van der Waals surface area contributed by atoms with Crippen LogP contribution < -0.4 is 24.5 Å². The molecule has 8 aromatic rings. The Morgan fingerprint density at radius 1 is 0.443 bits per heavy atom. The standard InChI is InChI=1S/C23H16F6N4O2S.C23H19F3N4O3S/c24-22(25,26)17-7-5-15(6-8-17)14-1-3-16(4-2-14)20-13-21(23(27,28)29)31-33(20)19-11-9-18(10-12-19)32-36(30,34)35;1-33-20-12-6-16(7-13-20)15-2-4-17(5-3-15)21-14-22(23(24,25)26)28-30(21)19-10-8-18(9-11-19)29-34(27,31)32/h1-13,32H,(H2,30,34,35);2-14,29H,1H3,(H2,27,31,32). The third-order valence-electron chi connectivity index (χ3n) is 10.1. The molecule has 0 saturated heterocycles. The molecule has 6 aromatic carbocycles. The van der Waals surface area contributed by atoms with Crippen molar-refractivity contribution < 1.29 is 61.1 Å². The van der Waals surface area contributed by atoms with Crippen LogP contribution in [-0.2, 0) is 38.9 Å². The molecule has 0 saturated carbocycles. The second-order valence-corrected chi connectivity index (χ2v) is 17.6. The Labute approximate surface area is 393 Å². The lowest BCUT2D eigenvalue weighted by molar-refractivity contribution is -0.142. The van der Waals surface area contributed by atoms with Gasteiger partial charge in [-0.25, -0.2) is 19.6 Å². The predicted octanol–water partition coefficient (Wildman–Crippen LogP) is 10.7. The molecule has 2 aromatic heterocycles. The molecule has 0 aliphatic carbocycles. The summed E-state index contributed by atoms with van der Waals surface area (Å²) in [6, 6.07) is 38.0. The second kappa shape index (κ2) is 19.4. The van der Waals surface area contributed by atoms with Crippen molar-refractivity contribution in [3.8, 4) is 61.9 Å². The Hall–Kier alpha value is -7.67. The summed E-state index contributed by atoms with van der Waals surface area (Å²) >= 11 is 0. The summed E-state index contributed by atoms with van der Waals surface area (Å²) in [5.41, 5.74) is 1.87. The van der Waals surface area contributed by atoms with Crippen LogP contribution in [0.1, 0.15) is 17.0 Å². The summed E-state index contributed by atoms with van der Waals surface area (Å²) in [4.78, 5) is 0. The highest BCUT2D eigenvalue weighted by Gasteiger charge is 2.36. The molecule has 2 heterocycles. The van der Waals surface area contributed by atoms with Crippen molar-refractivity contribution in [2.45, 2.75) is 18.5 Å². The predicted molar refractivity (Wildman–Crippen MR) is 244 cm³/mol. The summed E-state index contributed by atoms with van der Waals surface area (Å²) < 4.78 is 175. The normalized spacial score (nSPS) is 12.2. The number of alkyl halides is 9. The van der Waals surface area contributed by atoms with Gasteiger partial charge in [0.15, 0.2) is 11.4 Å². The van der Waals surface area contributed by atoms with E-state index in [2.05, 4.69) is 14.9 Å². The Balaban J connectivity index is 0.000000207. The molecule has 6 N–H and O–H groups in total. The van der Waals surface area contributed by atoms with Crippen molar-refractivity contribution >= 4 is 31.8 Å². The number of hydrogen-bond acceptors (Lipinski definition) is 7. The number of benzene rings is 6. The van der Waals surface area contributed by atoms with Crippen LogP contribution in [0.25, 0.3) is 56.1 Å². The topological polar surface area (TPSA) is 189 Å². The van der Waals surface area contributed by atoms with E-state index in [-0.39, 0.29) is 28.5 Å². The molecule has 24 heteroatoms. The summed E-state index contributed by atoms with van der Waals surface area (Å²) in [5.74, 6) is 0.717. The maximum Gasteiger partial charge on any atom is 0.435 e. The molecule has 0 fully saturated rings. The van der Waals surface area contributed by atoms with Gasteiger partial charge in [-0.1, -0.05) is 72.8 Å². The van der Waals surface area contributed by atoms with E-state index in [1.54, 1.807) is 43.5 Å². The monoisotopic (exact) mass is 1010 g/mol. The van der Waals surface area contributed by atoms with Crippen molar-refractivity contribution in [2.24, 2.45) is 10.3 Å². The van der Waals surface area contributed by atoms with Crippen molar-refractivity contribution in [3.63, 3.8) is 0 Å². The van der Waals surface area contributed by atoms with E-state index in [0.29, 0.717) is 33.7 Å². The average Bonchev–Trinajstić information content (AvgIpc) is 3.96. The molecule has 0 spiro atoms. The van der Waals surface area contributed by atoms with Gasteiger partial charge in [0.2, 0.25) is 0 Å². The molecule has 0 radical (unpaired) electrons. The van der Waals surface area contributed by atoms with Crippen LogP contribution in [0.5, 0.6) is 5.75 Å². The Kier molecular flexibility index (Phi) is 13.9. The quantitative estimate of drug-likeness (QED) is 0.0927. The number of ether oxygens (including phenoxy) is 1. The fraction of sp³-hybridized carbons (Fsp3) is 0.0870. The van der Waals surface area contributed by atoms with Crippen LogP contribution in [0.4, 0.5) is 50.9 Å². The zero-order chi connectivity index (χ0) is 50.8. The molecule has 0 atom stereocenters. The van der Waals surface area contributed by atoms with E-state index in [4.69, 9.17) is 15.0 Å². The van der Waals surface area contributed by atoms with Crippen molar-refractivity contribution in [1.29, 1.82) is 0 Å². The van der Waals surface area contributed by atoms with E-state index in [1.807, 2.05) is 29.0 Å². The number of aromatic nitrogens is 4. The Bertz CT molecular complexity index is 3330. The lowest BCUT2D eigenvalue weighted by atomic mass is 10.0. The minimum Gasteiger partial charge on any atom is -0.497 e. The highest BCUT2D eigenvalue weighted by molar-refractivity contribution is 7.90. The van der Waals surface area contributed by atoms with Gasteiger partial charge in [-0.05, 0) is 107 Å². The van der Waals surface area contributed by atoms with Crippen LogP contribution in [0.3, 0.4) is 0 Å². The highest BCUT2D eigenvalue weighted by Crippen LogP contribution is 2.37. The zero-order valence-electron chi connectivity index (χ0n) is 35.7. The number of nitrogens with zero attached hydrogens (tertiary/aromatic N) is 4. The lowest BCUT2D eigenvalue weighted by Gasteiger charge is -2.11. The molecule has 0 aliphatic heterocycles. The van der Waals surface area contributed by atoms with Gasteiger partial charge in [0.25, 0.3) is 20.4 Å². The van der Waals surface area contributed by atoms with Gasteiger partial charge >= 0.3 is 18.5 Å². The van der Waals surface area contributed by atoms with E-state index in [1.165, 1.54) is 72.8 Å². The number of anilines is 2. The fourth-order valence-corrected chi connectivity index (χ4v) is 7.75. The SMILES string of the molecule is COc1ccc(-c2ccc(-c3cc(C(F)(F)F)nn3-c3ccc(NS(N)(=O)=O)cc3)cc2)cc1.NS(=O)(=O)Nc1ccc(-n2nc(C(F)(F)F)cc2-c2ccc(-c3ccc(C(F)(F)F)cc3)cc2)cc1. The maximum absolute atomic E-state index is 13.4.